The predicted molar refractivity (Wildman–Crippen MR) is 112 cm³/mol. The summed E-state index contributed by atoms with van der Waals surface area (Å²) in [6, 6.07) is 0. The Kier molecular flexibility index (Phi) is 7.16. The highest BCUT2D eigenvalue weighted by Gasteiger charge is 2.27. The van der Waals surface area contributed by atoms with Gasteiger partial charge in [0.2, 0.25) is 5.78 Å². The molecule has 2 aromatic heterocycles. The maximum absolute atomic E-state index is 12.7. The van der Waals surface area contributed by atoms with Crippen LogP contribution in [0.4, 0.5) is 0 Å². The number of carbonyl (C=O) groups is 3. The van der Waals surface area contributed by atoms with Crippen LogP contribution in [0.25, 0.3) is 6.08 Å². The molecule has 31 heavy (non-hydrogen) atoms. The minimum absolute atomic E-state index is 0.107. The second-order valence-corrected chi connectivity index (χ2v) is 6.96. The molecule has 0 aliphatic heterocycles. The zero-order valence-electron chi connectivity index (χ0n) is 18.3. The highest BCUT2D eigenvalue weighted by Crippen LogP contribution is 2.21. The van der Waals surface area contributed by atoms with E-state index >= 15 is 0 Å². The minimum atomic E-state index is -1.15. The van der Waals surface area contributed by atoms with Gasteiger partial charge in [-0.05, 0) is 39.3 Å². The quantitative estimate of drug-likeness (QED) is 0.394. The van der Waals surface area contributed by atoms with E-state index in [1.54, 1.807) is 20.8 Å². The van der Waals surface area contributed by atoms with Gasteiger partial charge < -0.3 is 19.0 Å². The van der Waals surface area contributed by atoms with E-state index in [9.17, 15) is 24.0 Å². The SMILES string of the molecule is CCOC(=O)c1c(C)[nH]c(C(=O)C(C)OC(=O)/C=C/c2cn(C)c(=O)n(C)c2=O)c1C. The fourth-order valence-electron chi connectivity index (χ4n) is 3.08. The fourth-order valence-corrected chi connectivity index (χ4v) is 3.08. The van der Waals surface area contributed by atoms with E-state index in [1.807, 2.05) is 0 Å². The second kappa shape index (κ2) is 9.41. The molecule has 2 heterocycles. The van der Waals surface area contributed by atoms with Gasteiger partial charge in [-0.15, -0.1) is 0 Å². The number of carbonyl (C=O) groups excluding carboxylic acids is 3. The van der Waals surface area contributed by atoms with Gasteiger partial charge in [-0.1, -0.05) is 0 Å². The van der Waals surface area contributed by atoms with Crippen LogP contribution >= 0.6 is 0 Å². The lowest BCUT2D eigenvalue weighted by Crippen LogP contribution is -2.37. The molecule has 0 fully saturated rings. The number of aromatic nitrogens is 3. The maximum atomic E-state index is 12.7. The number of nitrogens with zero attached hydrogens (tertiary/aromatic N) is 2. The number of esters is 2. The van der Waals surface area contributed by atoms with Crippen molar-refractivity contribution in [2.24, 2.45) is 14.1 Å². The van der Waals surface area contributed by atoms with Gasteiger partial charge in [-0.25, -0.2) is 14.4 Å². The van der Waals surface area contributed by atoms with Crippen molar-refractivity contribution in [3.8, 4) is 0 Å². The third kappa shape index (κ3) is 4.90. The van der Waals surface area contributed by atoms with Gasteiger partial charge in [-0.3, -0.25) is 14.2 Å². The lowest BCUT2D eigenvalue weighted by Gasteiger charge is -2.11. The van der Waals surface area contributed by atoms with Crippen molar-refractivity contribution in [1.29, 1.82) is 0 Å². The molecule has 1 N–H and O–H groups in total. The summed E-state index contributed by atoms with van der Waals surface area (Å²) in [7, 11) is 2.80. The molecule has 0 aromatic carbocycles. The molecular weight excluding hydrogens is 406 g/mol. The molecule has 0 bridgehead atoms. The first-order valence-electron chi connectivity index (χ1n) is 9.55. The van der Waals surface area contributed by atoms with Crippen LogP contribution in [0.5, 0.6) is 0 Å². The van der Waals surface area contributed by atoms with Crippen LogP contribution < -0.4 is 11.2 Å². The smallest absolute Gasteiger partial charge is 0.340 e. The Morgan fingerprint density at radius 1 is 1.19 bits per heavy atom. The molecule has 1 unspecified atom stereocenters. The Balaban J connectivity index is 2.17. The van der Waals surface area contributed by atoms with Crippen molar-refractivity contribution in [3.63, 3.8) is 0 Å². The van der Waals surface area contributed by atoms with E-state index in [-0.39, 0.29) is 23.4 Å². The van der Waals surface area contributed by atoms with E-state index in [1.165, 1.54) is 37.9 Å². The molecular formula is C21H25N3O7. The Bertz CT molecular complexity index is 1180. The van der Waals surface area contributed by atoms with Gasteiger partial charge in [0.1, 0.15) is 0 Å². The summed E-state index contributed by atoms with van der Waals surface area (Å²) in [5.74, 6) is -1.90. The van der Waals surface area contributed by atoms with Gasteiger partial charge in [0, 0.05) is 32.1 Å². The molecule has 0 amide bonds. The average Bonchev–Trinajstić information content (AvgIpc) is 3.01. The molecule has 0 radical (unpaired) electrons. The number of ether oxygens (including phenoxy) is 2. The first-order chi connectivity index (χ1) is 14.5. The second-order valence-electron chi connectivity index (χ2n) is 6.96. The van der Waals surface area contributed by atoms with Crippen LogP contribution in [-0.2, 0) is 28.4 Å². The fraction of sp³-hybridized carbons (Fsp3) is 0.381. The third-order valence-electron chi connectivity index (χ3n) is 4.70. The van der Waals surface area contributed by atoms with Gasteiger partial charge in [-0.2, -0.15) is 0 Å². The topological polar surface area (TPSA) is 129 Å². The first kappa shape index (κ1) is 23.6. The summed E-state index contributed by atoms with van der Waals surface area (Å²) in [6.07, 6.45) is 2.36. The van der Waals surface area contributed by atoms with Crippen molar-refractivity contribution < 1.29 is 23.9 Å². The Morgan fingerprint density at radius 2 is 1.84 bits per heavy atom. The number of hydrogen-bond acceptors (Lipinski definition) is 7. The number of hydrogen-bond donors (Lipinski definition) is 1. The molecule has 0 spiro atoms. The molecule has 10 heteroatoms. The lowest BCUT2D eigenvalue weighted by molar-refractivity contribution is -0.140. The Labute approximate surface area is 178 Å². The number of H-pyrrole nitrogens is 1. The van der Waals surface area contributed by atoms with Crippen LogP contribution in [0, 0.1) is 13.8 Å². The van der Waals surface area contributed by atoms with E-state index in [0.29, 0.717) is 11.3 Å². The van der Waals surface area contributed by atoms with E-state index in [0.717, 1.165) is 10.6 Å². The van der Waals surface area contributed by atoms with E-state index < -0.39 is 35.1 Å². The number of aryl methyl sites for hydroxylation is 2. The Hall–Kier alpha value is -3.69. The number of rotatable bonds is 7. The highest BCUT2D eigenvalue weighted by molar-refractivity contribution is 6.04. The van der Waals surface area contributed by atoms with E-state index in [4.69, 9.17) is 9.47 Å². The standard InChI is InChI=1S/C21H25N3O7/c1-7-30-20(28)16-11(2)17(22-12(16)3)18(26)13(4)31-15(25)9-8-14-10-23(5)21(29)24(6)19(14)27/h8-10,13,22H,7H2,1-6H3/b9-8+. The van der Waals surface area contributed by atoms with Crippen molar-refractivity contribution in [3.05, 3.63) is 61.2 Å². The van der Waals surface area contributed by atoms with Crippen LogP contribution in [0.3, 0.4) is 0 Å². The summed E-state index contributed by atoms with van der Waals surface area (Å²) < 4.78 is 12.3. The zero-order chi connectivity index (χ0) is 23.5. The largest absolute Gasteiger partial charge is 0.462 e. The summed E-state index contributed by atoms with van der Waals surface area (Å²) in [6.45, 7) is 6.53. The van der Waals surface area contributed by atoms with Crippen LogP contribution in [0.2, 0.25) is 0 Å². The van der Waals surface area contributed by atoms with Gasteiger partial charge in [0.15, 0.2) is 6.10 Å². The lowest BCUT2D eigenvalue weighted by atomic mass is 10.1. The molecule has 0 saturated heterocycles. The third-order valence-corrected chi connectivity index (χ3v) is 4.70. The monoisotopic (exact) mass is 431 g/mol. The van der Waals surface area contributed by atoms with Crippen molar-refractivity contribution in [2.75, 3.05) is 6.61 Å². The van der Waals surface area contributed by atoms with E-state index in [2.05, 4.69) is 4.98 Å². The number of Topliss-reactive ketones (excluding diaryl/α,β-unsaturated/α-hetero) is 1. The highest BCUT2D eigenvalue weighted by atomic mass is 16.5. The first-order valence-corrected chi connectivity index (χ1v) is 9.55. The Morgan fingerprint density at radius 3 is 2.45 bits per heavy atom. The number of ketones is 1. The predicted octanol–water partition coefficient (Wildman–Crippen LogP) is 1.03. The normalized spacial score (nSPS) is 12.1. The molecule has 2 aromatic rings. The van der Waals surface area contributed by atoms with Crippen LogP contribution in [0.15, 0.2) is 21.9 Å². The van der Waals surface area contributed by atoms with Crippen molar-refractivity contribution in [2.45, 2.75) is 33.8 Å². The van der Waals surface area contributed by atoms with Gasteiger partial charge in [0.05, 0.1) is 23.4 Å². The summed E-state index contributed by atoms with van der Waals surface area (Å²) in [5, 5.41) is 0. The van der Waals surface area contributed by atoms with Crippen LogP contribution in [0.1, 0.15) is 51.5 Å². The molecule has 2 rings (SSSR count). The van der Waals surface area contributed by atoms with Gasteiger partial charge >= 0.3 is 17.6 Å². The van der Waals surface area contributed by atoms with Gasteiger partial charge in [0.25, 0.3) is 5.56 Å². The van der Waals surface area contributed by atoms with Crippen molar-refractivity contribution in [1.82, 2.24) is 14.1 Å². The molecule has 0 saturated carbocycles. The zero-order valence-corrected chi connectivity index (χ0v) is 18.3. The van der Waals surface area contributed by atoms with Crippen LogP contribution in [-0.4, -0.2) is 44.6 Å². The summed E-state index contributed by atoms with van der Waals surface area (Å²) in [4.78, 5) is 63.6. The summed E-state index contributed by atoms with van der Waals surface area (Å²) >= 11 is 0. The molecule has 1 atom stereocenters. The number of aromatic amines is 1. The summed E-state index contributed by atoms with van der Waals surface area (Å²) in [5.41, 5.74) is 0.348. The molecule has 166 valence electrons. The maximum Gasteiger partial charge on any atom is 0.340 e. The minimum Gasteiger partial charge on any atom is -0.462 e. The van der Waals surface area contributed by atoms with Crippen molar-refractivity contribution >= 4 is 23.8 Å². The molecule has 0 aliphatic rings. The number of nitrogens with one attached hydrogen (secondary N) is 1. The molecule has 0 aliphatic carbocycles. The molecule has 10 nitrogen and oxygen atoms in total. The average molecular weight is 431 g/mol.